The maximum Gasteiger partial charge on any atom is 0.377 e. The summed E-state index contributed by atoms with van der Waals surface area (Å²) in [6.07, 6.45) is -2.18. The molecule has 0 radical (unpaired) electrons. The zero-order valence-corrected chi connectivity index (χ0v) is 14.7. The monoisotopic (exact) mass is 350 g/mol. The fourth-order valence-electron chi connectivity index (χ4n) is 3.17. The number of Topliss-reactive ketones (excluding diaryl/α,β-unsaturated/α-hetero) is 1. The predicted molar refractivity (Wildman–Crippen MR) is 85.6 cm³/mol. The van der Waals surface area contributed by atoms with Crippen LogP contribution in [0, 0.1) is 0 Å². The van der Waals surface area contributed by atoms with Gasteiger partial charge in [-0.2, -0.15) is 0 Å². The van der Waals surface area contributed by atoms with Crippen LogP contribution in [-0.4, -0.2) is 55.9 Å². The van der Waals surface area contributed by atoms with E-state index in [2.05, 4.69) is 0 Å². The van der Waals surface area contributed by atoms with Crippen molar-refractivity contribution in [1.82, 2.24) is 0 Å². The molecule has 25 heavy (non-hydrogen) atoms. The topological polar surface area (TPSA) is 80.3 Å². The molecule has 1 aromatic carbocycles. The van der Waals surface area contributed by atoms with Gasteiger partial charge >= 0.3 is 5.97 Å². The van der Waals surface area contributed by atoms with Gasteiger partial charge in [-0.15, -0.1) is 0 Å². The van der Waals surface area contributed by atoms with Gasteiger partial charge in [-0.05, 0) is 19.4 Å². The second-order valence-corrected chi connectivity index (χ2v) is 6.42. The van der Waals surface area contributed by atoms with Crippen LogP contribution < -0.4 is 0 Å². The fourth-order valence-corrected chi connectivity index (χ4v) is 3.17. The zero-order chi connectivity index (χ0) is 18.2. The lowest BCUT2D eigenvalue weighted by atomic mass is 9.92. The SMILES string of the molecule is CO[C@@]1(C)O[C@@H]2[C@H](O[C@]1(C)OC)C(=O)C(=O)O[C@@H]2Cc1ccccc1. The second-order valence-electron chi connectivity index (χ2n) is 6.42. The van der Waals surface area contributed by atoms with Crippen LogP contribution in [0.15, 0.2) is 30.3 Å². The van der Waals surface area contributed by atoms with Crippen molar-refractivity contribution in [2.75, 3.05) is 14.2 Å². The molecule has 2 saturated heterocycles. The van der Waals surface area contributed by atoms with Crippen LogP contribution in [0.4, 0.5) is 0 Å². The molecule has 1 aromatic rings. The molecule has 3 rings (SSSR count). The Balaban J connectivity index is 1.92. The minimum absolute atomic E-state index is 0.397. The Morgan fingerprint density at radius 3 is 2.20 bits per heavy atom. The largest absolute Gasteiger partial charge is 0.453 e. The third kappa shape index (κ3) is 2.97. The number of esters is 1. The summed E-state index contributed by atoms with van der Waals surface area (Å²) >= 11 is 0. The van der Waals surface area contributed by atoms with Gasteiger partial charge in [0.25, 0.3) is 5.78 Å². The molecule has 0 N–H and O–H groups in total. The van der Waals surface area contributed by atoms with Crippen LogP contribution in [0.25, 0.3) is 0 Å². The van der Waals surface area contributed by atoms with Crippen molar-refractivity contribution >= 4 is 11.8 Å². The van der Waals surface area contributed by atoms with E-state index in [-0.39, 0.29) is 0 Å². The van der Waals surface area contributed by atoms with Gasteiger partial charge in [-0.1, -0.05) is 30.3 Å². The molecule has 7 nitrogen and oxygen atoms in total. The van der Waals surface area contributed by atoms with E-state index in [1.165, 1.54) is 14.2 Å². The molecule has 2 fully saturated rings. The maximum absolute atomic E-state index is 12.3. The summed E-state index contributed by atoms with van der Waals surface area (Å²) in [5.41, 5.74) is 0.955. The Kier molecular flexibility index (Phi) is 4.68. The molecule has 2 heterocycles. The van der Waals surface area contributed by atoms with Gasteiger partial charge < -0.3 is 23.7 Å². The number of methoxy groups -OCH3 is 2. The van der Waals surface area contributed by atoms with Crippen LogP contribution in [0.5, 0.6) is 0 Å². The summed E-state index contributed by atoms with van der Waals surface area (Å²) in [5.74, 6) is -4.34. The molecule has 0 unspecified atom stereocenters. The number of ether oxygens (including phenoxy) is 5. The molecule has 0 bridgehead atoms. The molecule has 136 valence electrons. The third-order valence-electron chi connectivity index (χ3n) is 4.98. The number of ketones is 1. The molecule has 0 aliphatic carbocycles. The van der Waals surface area contributed by atoms with E-state index in [0.717, 1.165) is 5.56 Å². The van der Waals surface area contributed by atoms with Crippen molar-refractivity contribution in [3.8, 4) is 0 Å². The van der Waals surface area contributed by atoms with Gasteiger partial charge in [0.05, 0.1) is 0 Å². The molecule has 2 aliphatic rings. The molecule has 7 heteroatoms. The highest BCUT2D eigenvalue weighted by atomic mass is 16.8. The molecular weight excluding hydrogens is 328 g/mol. The van der Waals surface area contributed by atoms with Gasteiger partial charge in [0.15, 0.2) is 6.10 Å². The van der Waals surface area contributed by atoms with Gasteiger partial charge in [0.1, 0.15) is 12.2 Å². The van der Waals surface area contributed by atoms with Gasteiger partial charge in [-0.25, -0.2) is 4.79 Å². The quantitative estimate of drug-likeness (QED) is 0.597. The van der Waals surface area contributed by atoms with E-state index >= 15 is 0 Å². The van der Waals surface area contributed by atoms with E-state index in [4.69, 9.17) is 23.7 Å². The summed E-state index contributed by atoms with van der Waals surface area (Å²) in [4.78, 5) is 24.3. The minimum atomic E-state index is -1.35. The number of carbonyl (C=O) groups is 2. The first-order valence-corrected chi connectivity index (χ1v) is 8.08. The number of hydrogen-bond donors (Lipinski definition) is 0. The molecule has 0 spiro atoms. The molecule has 0 saturated carbocycles. The van der Waals surface area contributed by atoms with E-state index in [1.807, 2.05) is 30.3 Å². The summed E-state index contributed by atoms with van der Waals surface area (Å²) in [6, 6.07) is 9.51. The third-order valence-corrected chi connectivity index (χ3v) is 4.98. The molecule has 2 aliphatic heterocycles. The lowest BCUT2D eigenvalue weighted by Gasteiger charge is -2.53. The normalized spacial score (nSPS) is 38.2. The van der Waals surface area contributed by atoms with Crippen molar-refractivity contribution in [3.63, 3.8) is 0 Å². The average molecular weight is 350 g/mol. The smallest absolute Gasteiger partial charge is 0.377 e. The first-order chi connectivity index (χ1) is 11.8. The van der Waals surface area contributed by atoms with Crippen molar-refractivity contribution in [2.45, 2.75) is 50.2 Å². The predicted octanol–water partition coefficient (Wildman–Crippen LogP) is 1.23. The van der Waals surface area contributed by atoms with Crippen molar-refractivity contribution in [3.05, 3.63) is 35.9 Å². The standard InChI is InChI=1S/C18H22O7/c1-17(21-3)18(2,22-4)25-15-13(19)16(20)23-12(14(15)24-17)10-11-8-6-5-7-9-11/h5-9,12,14-15H,10H2,1-4H3/t12-,14+,15-,17+,18+/m1/s1. The number of benzene rings is 1. The van der Waals surface area contributed by atoms with E-state index < -0.39 is 41.6 Å². The van der Waals surface area contributed by atoms with E-state index in [1.54, 1.807) is 13.8 Å². The highest BCUT2D eigenvalue weighted by Gasteiger charge is 2.62. The second kappa shape index (κ2) is 6.49. The summed E-state index contributed by atoms with van der Waals surface area (Å²) in [6.45, 7) is 3.26. The fraction of sp³-hybridized carbons (Fsp3) is 0.556. The number of carbonyl (C=O) groups excluding carboxylic acids is 2. The van der Waals surface area contributed by atoms with Crippen LogP contribution >= 0.6 is 0 Å². The van der Waals surface area contributed by atoms with Gasteiger partial charge in [0, 0.05) is 20.6 Å². The van der Waals surface area contributed by atoms with Crippen molar-refractivity contribution in [2.24, 2.45) is 0 Å². The van der Waals surface area contributed by atoms with E-state index in [0.29, 0.717) is 6.42 Å². The number of fused-ring (bicyclic) bond motifs is 1. The highest BCUT2D eigenvalue weighted by molar-refractivity contribution is 6.36. The first-order valence-electron chi connectivity index (χ1n) is 8.08. The highest BCUT2D eigenvalue weighted by Crippen LogP contribution is 2.42. The Morgan fingerprint density at radius 1 is 1.00 bits per heavy atom. The van der Waals surface area contributed by atoms with Gasteiger partial charge in [0.2, 0.25) is 11.6 Å². The van der Waals surface area contributed by atoms with Crippen molar-refractivity contribution in [1.29, 1.82) is 0 Å². The Bertz CT molecular complexity index is 661. The van der Waals surface area contributed by atoms with Crippen LogP contribution in [-0.2, 0) is 39.7 Å². The molecule has 0 amide bonds. The van der Waals surface area contributed by atoms with Crippen LogP contribution in [0.2, 0.25) is 0 Å². The van der Waals surface area contributed by atoms with Gasteiger partial charge in [-0.3, -0.25) is 4.79 Å². The Morgan fingerprint density at radius 2 is 1.60 bits per heavy atom. The van der Waals surface area contributed by atoms with Crippen LogP contribution in [0.1, 0.15) is 19.4 Å². The zero-order valence-electron chi connectivity index (χ0n) is 14.7. The van der Waals surface area contributed by atoms with Crippen LogP contribution in [0.3, 0.4) is 0 Å². The molecular formula is C18H22O7. The number of hydrogen-bond acceptors (Lipinski definition) is 7. The summed E-state index contributed by atoms with van der Waals surface area (Å²) in [5, 5.41) is 0. The Hall–Kier alpha value is -1.80. The lowest BCUT2D eigenvalue weighted by molar-refractivity contribution is -0.449. The lowest BCUT2D eigenvalue weighted by Crippen LogP contribution is -2.71. The van der Waals surface area contributed by atoms with Crippen molar-refractivity contribution < 1.29 is 33.3 Å². The van der Waals surface area contributed by atoms with E-state index in [9.17, 15) is 9.59 Å². The summed E-state index contributed by atoms with van der Waals surface area (Å²) < 4.78 is 28.1. The Labute approximate surface area is 146 Å². The summed E-state index contributed by atoms with van der Waals surface area (Å²) in [7, 11) is 2.89. The number of rotatable bonds is 4. The maximum atomic E-state index is 12.3. The number of cyclic esters (lactones) is 1. The molecule has 5 atom stereocenters. The first kappa shape index (κ1) is 18.0. The average Bonchev–Trinajstić information content (AvgIpc) is 2.62. The minimum Gasteiger partial charge on any atom is -0.453 e. The molecule has 0 aromatic heterocycles.